The van der Waals surface area contributed by atoms with Crippen molar-refractivity contribution in [1.29, 1.82) is 0 Å². The van der Waals surface area contributed by atoms with Crippen molar-refractivity contribution in [2.45, 2.75) is 24.3 Å². The van der Waals surface area contributed by atoms with Crippen LogP contribution in [0.1, 0.15) is 17.5 Å². The summed E-state index contributed by atoms with van der Waals surface area (Å²) >= 11 is 0. The van der Waals surface area contributed by atoms with Gasteiger partial charge in [-0.15, -0.1) is 35.4 Å². The van der Waals surface area contributed by atoms with Crippen LogP contribution in [0.4, 0.5) is 0 Å². The predicted molar refractivity (Wildman–Crippen MR) is 137 cm³/mol. The molecular weight excluding hydrogens is 649 g/mol. The average Bonchev–Trinajstić information content (AvgIpc) is 3.10. The van der Waals surface area contributed by atoms with E-state index >= 15 is 0 Å². The van der Waals surface area contributed by atoms with Crippen molar-refractivity contribution in [2.75, 3.05) is 0 Å². The van der Waals surface area contributed by atoms with E-state index in [0.717, 1.165) is 24.1 Å². The Labute approximate surface area is 223 Å². The minimum atomic E-state index is -4.11. The molecule has 0 atom stereocenters. The number of rotatable bonds is 1. The Morgan fingerprint density at radius 2 is 1.61 bits per heavy atom. The molecular formula is C29H21IrN2O3S-. The number of nitrogens with zero attached hydrogens (tertiary/aromatic N) is 2. The van der Waals surface area contributed by atoms with Crippen LogP contribution in [0.5, 0.6) is 0 Å². The normalized spacial score (nSPS) is 12.8. The fraction of sp³-hybridized carbons (Fsp3) is 0.103. The minimum absolute atomic E-state index is 0. The van der Waals surface area contributed by atoms with Crippen LogP contribution in [0, 0.1) is 6.07 Å². The van der Waals surface area contributed by atoms with E-state index in [1.807, 2.05) is 6.07 Å². The average molecular weight is 670 g/mol. The Bertz CT molecular complexity index is 1700. The molecule has 0 amide bonds. The number of hydrogen-bond acceptors (Lipinski definition) is 4. The van der Waals surface area contributed by atoms with Gasteiger partial charge in [0.1, 0.15) is 0 Å². The molecule has 0 spiro atoms. The topological polar surface area (TPSA) is 80.2 Å². The van der Waals surface area contributed by atoms with E-state index in [1.54, 1.807) is 6.07 Å². The summed E-state index contributed by atoms with van der Waals surface area (Å²) in [5.41, 5.74) is 11.7. The Balaban J connectivity index is 0.000000207. The molecule has 0 aliphatic heterocycles. The zero-order valence-corrected chi connectivity index (χ0v) is 22.3. The summed E-state index contributed by atoms with van der Waals surface area (Å²) in [6.07, 6.45) is 4.65. The molecule has 0 bridgehead atoms. The molecule has 0 unspecified atom stereocenters. The molecule has 0 saturated heterocycles. The van der Waals surface area contributed by atoms with Gasteiger partial charge in [-0.05, 0) is 52.6 Å². The van der Waals surface area contributed by atoms with Gasteiger partial charge in [0.15, 0.2) is 5.03 Å². The first-order valence-electron chi connectivity index (χ1n) is 11.5. The second kappa shape index (κ2) is 9.68. The first kappa shape index (κ1) is 24.5. The first-order chi connectivity index (χ1) is 17.0. The molecule has 181 valence electrons. The van der Waals surface area contributed by atoms with Crippen molar-refractivity contribution in [3.05, 3.63) is 102 Å². The van der Waals surface area contributed by atoms with Crippen LogP contribution in [-0.4, -0.2) is 22.9 Å². The van der Waals surface area contributed by atoms with E-state index in [0.29, 0.717) is 0 Å². The Hall–Kier alpha value is -3.22. The third-order valence-electron chi connectivity index (χ3n) is 6.55. The predicted octanol–water partition coefficient (Wildman–Crippen LogP) is 6.16. The summed E-state index contributed by atoms with van der Waals surface area (Å²) in [5.74, 6) is 0. The molecule has 1 radical (unpaired) electrons. The molecule has 5 aromatic rings. The summed E-state index contributed by atoms with van der Waals surface area (Å²) in [6.45, 7) is 0. The van der Waals surface area contributed by atoms with Gasteiger partial charge in [-0.3, -0.25) is 9.54 Å². The van der Waals surface area contributed by atoms with Gasteiger partial charge in [0, 0.05) is 31.7 Å². The van der Waals surface area contributed by atoms with Crippen molar-refractivity contribution < 1.29 is 33.1 Å². The second-order valence-corrected chi connectivity index (χ2v) is 9.99. The standard InChI is InChI=1S/C24H16N.C5H5NO3S.Ir/c1-2-9-16-15(7-1)8-5-13-20-22-18-11-4-3-10-17(18)19-12-6-14-21(23(19)22)25-24(16)20;7-10(8,9)5-3-1-2-4-6-5;/h1-4,6-7,10-12,14H,5,8,13H2;1-4H,(H,7,8,9);/q-1;;. The summed E-state index contributed by atoms with van der Waals surface area (Å²) in [4.78, 5) is 8.54. The molecule has 2 heterocycles. The van der Waals surface area contributed by atoms with Gasteiger partial charge in [-0.1, -0.05) is 60.9 Å². The van der Waals surface area contributed by atoms with Gasteiger partial charge < -0.3 is 0 Å². The molecule has 5 nitrogen and oxygen atoms in total. The van der Waals surface area contributed by atoms with Crippen molar-refractivity contribution in [3.8, 4) is 33.5 Å². The number of aromatic nitrogens is 2. The van der Waals surface area contributed by atoms with Crippen molar-refractivity contribution in [2.24, 2.45) is 0 Å². The maximum Gasteiger partial charge on any atom is 0.312 e. The van der Waals surface area contributed by atoms with Crippen LogP contribution in [-0.2, 0) is 43.1 Å². The van der Waals surface area contributed by atoms with Crippen molar-refractivity contribution >= 4 is 21.0 Å². The van der Waals surface area contributed by atoms with Crippen molar-refractivity contribution in [1.82, 2.24) is 9.97 Å². The molecule has 1 N–H and O–H groups in total. The molecule has 2 aromatic heterocycles. The van der Waals surface area contributed by atoms with Gasteiger partial charge in [0.05, 0.1) is 5.52 Å². The zero-order valence-electron chi connectivity index (χ0n) is 19.1. The van der Waals surface area contributed by atoms with Crippen molar-refractivity contribution in [3.63, 3.8) is 0 Å². The fourth-order valence-electron chi connectivity index (χ4n) is 5.12. The third-order valence-corrected chi connectivity index (χ3v) is 7.32. The van der Waals surface area contributed by atoms with Crippen LogP contribution in [0.2, 0.25) is 0 Å². The van der Waals surface area contributed by atoms with Crippen LogP contribution in [0.25, 0.3) is 44.4 Å². The molecule has 7 heteroatoms. The number of benzene rings is 3. The second-order valence-electron chi connectivity index (χ2n) is 8.63. The van der Waals surface area contributed by atoms with Gasteiger partial charge in [0.25, 0.3) is 0 Å². The fourth-order valence-corrected chi connectivity index (χ4v) is 5.56. The molecule has 3 aromatic carbocycles. The Morgan fingerprint density at radius 1 is 0.833 bits per heavy atom. The maximum atomic E-state index is 10.3. The van der Waals surface area contributed by atoms with Crippen LogP contribution >= 0.6 is 0 Å². The molecule has 0 fully saturated rings. The maximum absolute atomic E-state index is 10.3. The number of hydrogen-bond donors (Lipinski definition) is 1. The number of pyridine rings is 2. The SMILES string of the molecule is O=S(=O)(O)c1ccccn1.[Ir].[c-]1cccc2c1-c1nc3cccc4c3c(c1CCC2)-c1ccccc1-4. The van der Waals surface area contributed by atoms with Crippen LogP contribution in [0.3, 0.4) is 0 Å². The molecule has 36 heavy (non-hydrogen) atoms. The van der Waals surface area contributed by atoms with Gasteiger partial charge in [-0.2, -0.15) is 8.42 Å². The summed E-state index contributed by atoms with van der Waals surface area (Å²) in [6, 6.07) is 29.4. The summed E-state index contributed by atoms with van der Waals surface area (Å²) in [7, 11) is -4.11. The Morgan fingerprint density at radius 3 is 2.36 bits per heavy atom. The Kier molecular flexibility index (Phi) is 6.58. The van der Waals surface area contributed by atoms with E-state index in [1.165, 1.54) is 69.1 Å². The molecule has 0 saturated carbocycles. The van der Waals surface area contributed by atoms with E-state index in [4.69, 9.17) is 9.54 Å². The van der Waals surface area contributed by atoms with E-state index in [-0.39, 0.29) is 25.1 Å². The van der Waals surface area contributed by atoms with Gasteiger partial charge >= 0.3 is 10.1 Å². The van der Waals surface area contributed by atoms with E-state index in [9.17, 15) is 8.42 Å². The first-order valence-corrected chi connectivity index (χ1v) is 12.9. The van der Waals surface area contributed by atoms with E-state index in [2.05, 4.69) is 65.6 Å². The minimum Gasteiger partial charge on any atom is -0.296 e. The summed E-state index contributed by atoms with van der Waals surface area (Å²) < 4.78 is 29.1. The number of aryl methyl sites for hydroxylation is 1. The van der Waals surface area contributed by atoms with E-state index < -0.39 is 10.1 Å². The quantitative estimate of drug-likeness (QED) is 0.168. The molecule has 2 aliphatic rings. The van der Waals surface area contributed by atoms with Crippen LogP contribution < -0.4 is 0 Å². The monoisotopic (exact) mass is 670 g/mol. The third kappa shape index (κ3) is 4.18. The molecule has 7 rings (SSSR count). The van der Waals surface area contributed by atoms with Gasteiger partial charge in [0.2, 0.25) is 0 Å². The number of fused-ring (bicyclic) bond motifs is 7. The largest absolute Gasteiger partial charge is 0.312 e. The van der Waals surface area contributed by atoms with Crippen LogP contribution in [0.15, 0.2) is 90.1 Å². The van der Waals surface area contributed by atoms with Gasteiger partial charge in [-0.25, -0.2) is 4.98 Å². The molecule has 2 aliphatic carbocycles. The smallest absolute Gasteiger partial charge is 0.296 e. The summed E-state index contributed by atoms with van der Waals surface area (Å²) in [5, 5.41) is 1.01. The zero-order chi connectivity index (χ0) is 24.0.